The molecule has 11 aromatic rings. The lowest BCUT2D eigenvalue weighted by Crippen LogP contribution is -2.28. The quantitative estimate of drug-likeness (QED) is 0.159. The Morgan fingerprint density at radius 3 is 1.79 bits per heavy atom. The molecular weight excluding hydrogens is 799 g/mol. The lowest BCUT2D eigenvalue weighted by molar-refractivity contribution is 0.660. The van der Waals surface area contributed by atoms with Crippen LogP contribution in [0.2, 0.25) is 0 Å². The molecule has 0 radical (unpaired) electrons. The SMILES string of the molecule is CC1(C)c2ccccc2-c2ccc(N(c3ccc(-c4cccc5c4oc4ccccc45)cc3)c3cccc4c3-c3ccccc3C4(c3ccccc3)c3cccc(-c4ccccc4)c3)cc21. The standard InChI is InChI=1S/C64H45NO/c1-63(2)55-29-12-9-24-50(55)51-39-38-48(41-58(51)63)65(47-36-34-43(35-37-47)49-27-16-28-53-52-25-11-14-33-60(52)66-62(49)53)59-32-17-31-57-61(59)54-26-10-13-30-56(54)64(57,45-21-7-4-8-22-45)46-23-15-20-44(40-46)42-18-5-3-6-19-42/h3-41H,1-2H3. The van der Waals surface area contributed by atoms with E-state index in [-0.39, 0.29) is 5.41 Å². The number of hydrogen-bond donors (Lipinski definition) is 0. The van der Waals surface area contributed by atoms with Crippen molar-refractivity contribution in [1.29, 1.82) is 0 Å². The van der Waals surface area contributed by atoms with E-state index in [4.69, 9.17) is 4.42 Å². The van der Waals surface area contributed by atoms with Crippen LogP contribution in [-0.2, 0) is 10.8 Å². The van der Waals surface area contributed by atoms with Crippen molar-refractivity contribution in [3.63, 3.8) is 0 Å². The highest BCUT2D eigenvalue weighted by Gasteiger charge is 2.47. The van der Waals surface area contributed by atoms with E-state index < -0.39 is 5.41 Å². The maximum absolute atomic E-state index is 6.54. The highest BCUT2D eigenvalue weighted by Crippen LogP contribution is 2.60. The van der Waals surface area contributed by atoms with Gasteiger partial charge >= 0.3 is 0 Å². The molecule has 0 N–H and O–H groups in total. The monoisotopic (exact) mass is 843 g/mol. The summed E-state index contributed by atoms with van der Waals surface area (Å²) in [6.07, 6.45) is 0. The van der Waals surface area contributed by atoms with Gasteiger partial charge in [-0.05, 0) is 109 Å². The van der Waals surface area contributed by atoms with Crippen molar-refractivity contribution in [2.75, 3.05) is 4.90 Å². The predicted molar refractivity (Wildman–Crippen MR) is 274 cm³/mol. The predicted octanol–water partition coefficient (Wildman–Crippen LogP) is 17.1. The van der Waals surface area contributed by atoms with E-state index in [1.165, 1.54) is 66.8 Å². The molecule has 0 saturated carbocycles. The second kappa shape index (κ2) is 14.7. The molecule has 13 rings (SSSR count). The van der Waals surface area contributed by atoms with Gasteiger partial charge in [-0.25, -0.2) is 0 Å². The first-order valence-electron chi connectivity index (χ1n) is 23.0. The van der Waals surface area contributed by atoms with E-state index in [2.05, 4.69) is 249 Å². The van der Waals surface area contributed by atoms with E-state index in [9.17, 15) is 0 Å². The fourth-order valence-electron chi connectivity index (χ4n) is 11.6. The van der Waals surface area contributed by atoms with Gasteiger partial charge in [-0.15, -0.1) is 0 Å². The van der Waals surface area contributed by atoms with Crippen molar-refractivity contribution >= 4 is 39.0 Å². The van der Waals surface area contributed by atoms with Crippen LogP contribution in [-0.4, -0.2) is 0 Å². The van der Waals surface area contributed by atoms with Gasteiger partial charge in [0.1, 0.15) is 11.2 Å². The van der Waals surface area contributed by atoms with Crippen LogP contribution in [0, 0.1) is 0 Å². The lowest BCUT2D eigenvalue weighted by Gasteiger charge is -2.35. The summed E-state index contributed by atoms with van der Waals surface area (Å²) >= 11 is 0. The third-order valence-corrected chi connectivity index (χ3v) is 14.6. The third-order valence-electron chi connectivity index (χ3n) is 14.6. The molecule has 312 valence electrons. The molecule has 1 atom stereocenters. The van der Waals surface area contributed by atoms with Crippen LogP contribution >= 0.6 is 0 Å². The van der Waals surface area contributed by atoms with Gasteiger partial charge in [-0.2, -0.15) is 0 Å². The topological polar surface area (TPSA) is 16.4 Å². The summed E-state index contributed by atoms with van der Waals surface area (Å²) in [5.74, 6) is 0. The molecule has 0 saturated heterocycles. The minimum absolute atomic E-state index is 0.166. The van der Waals surface area contributed by atoms with Crippen LogP contribution < -0.4 is 4.90 Å². The van der Waals surface area contributed by atoms with Crippen molar-refractivity contribution in [1.82, 2.24) is 0 Å². The van der Waals surface area contributed by atoms with Gasteiger partial charge in [-0.1, -0.05) is 208 Å². The summed E-state index contributed by atoms with van der Waals surface area (Å²) in [5.41, 5.74) is 21.8. The molecule has 66 heavy (non-hydrogen) atoms. The zero-order chi connectivity index (χ0) is 44.0. The molecule has 0 amide bonds. The number of rotatable bonds is 7. The van der Waals surface area contributed by atoms with Gasteiger partial charge in [0.05, 0.1) is 11.1 Å². The van der Waals surface area contributed by atoms with E-state index in [0.29, 0.717) is 0 Å². The van der Waals surface area contributed by atoms with Gasteiger partial charge in [0.2, 0.25) is 0 Å². The zero-order valence-electron chi connectivity index (χ0n) is 36.9. The summed E-state index contributed by atoms with van der Waals surface area (Å²) < 4.78 is 6.54. The molecule has 2 aliphatic rings. The molecule has 0 fully saturated rings. The summed E-state index contributed by atoms with van der Waals surface area (Å²) in [6.45, 7) is 4.74. The normalized spacial score (nSPS) is 15.3. The first-order chi connectivity index (χ1) is 32.5. The highest BCUT2D eigenvalue weighted by atomic mass is 16.3. The van der Waals surface area contributed by atoms with Gasteiger partial charge < -0.3 is 9.32 Å². The molecule has 1 unspecified atom stereocenters. The number of furan rings is 1. The Hall–Kier alpha value is -8.20. The smallest absolute Gasteiger partial charge is 0.143 e. The lowest BCUT2D eigenvalue weighted by atomic mass is 9.67. The van der Waals surface area contributed by atoms with Crippen molar-refractivity contribution < 1.29 is 4.42 Å². The number of para-hydroxylation sites is 2. The van der Waals surface area contributed by atoms with E-state index in [1.54, 1.807) is 0 Å². The minimum Gasteiger partial charge on any atom is -0.455 e. The molecule has 0 spiro atoms. The van der Waals surface area contributed by atoms with E-state index >= 15 is 0 Å². The number of fused-ring (bicyclic) bond motifs is 9. The number of anilines is 3. The van der Waals surface area contributed by atoms with Crippen LogP contribution in [0.5, 0.6) is 0 Å². The molecule has 10 aromatic carbocycles. The molecule has 2 aliphatic carbocycles. The van der Waals surface area contributed by atoms with E-state index in [1.807, 2.05) is 6.07 Å². The van der Waals surface area contributed by atoms with Crippen LogP contribution in [0.1, 0.15) is 47.2 Å². The van der Waals surface area contributed by atoms with Gasteiger partial charge in [-0.3, -0.25) is 0 Å². The summed E-state index contributed by atoms with van der Waals surface area (Å²) in [5, 5.41) is 2.26. The first kappa shape index (κ1) is 38.3. The molecule has 2 nitrogen and oxygen atoms in total. The Balaban J connectivity index is 1.05. The second-order valence-corrected chi connectivity index (χ2v) is 18.4. The fraction of sp³-hybridized carbons (Fsp3) is 0.0625. The van der Waals surface area contributed by atoms with Gasteiger partial charge in [0.25, 0.3) is 0 Å². The molecule has 1 heterocycles. The molecule has 1 aromatic heterocycles. The van der Waals surface area contributed by atoms with E-state index in [0.717, 1.165) is 50.1 Å². The first-order valence-corrected chi connectivity index (χ1v) is 23.0. The Morgan fingerprint density at radius 1 is 0.364 bits per heavy atom. The highest BCUT2D eigenvalue weighted by molar-refractivity contribution is 6.09. The second-order valence-electron chi connectivity index (χ2n) is 18.4. The maximum Gasteiger partial charge on any atom is 0.143 e. The number of nitrogens with zero attached hydrogens (tertiary/aromatic N) is 1. The molecule has 2 heteroatoms. The van der Waals surface area contributed by atoms with Gasteiger partial charge in [0, 0.05) is 38.7 Å². The Morgan fingerprint density at radius 2 is 0.955 bits per heavy atom. The minimum atomic E-state index is -0.587. The Kier molecular flexibility index (Phi) is 8.51. The Bertz CT molecular complexity index is 3670. The van der Waals surface area contributed by atoms with Crippen molar-refractivity contribution in [3.8, 4) is 44.5 Å². The van der Waals surface area contributed by atoms with Crippen molar-refractivity contribution in [2.45, 2.75) is 24.7 Å². The molecular formula is C64H45NO. The zero-order valence-corrected chi connectivity index (χ0v) is 36.9. The summed E-state index contributed by atoms with van der Waals surface area (Å²) in [7, 11) is 0. The molecule has 0 aliphatic heterocycles. The largest absolute Gasteiger partial charge is 0.455 e. The van der Waals surface area contributed by atoms with Crippen molar-refractivity contribution in [2.24, 2.45) is 0 Å². The van der Waals surface area contributed by atoms with Crippen LogP contribution in [0.15, 0.2) is 241 Å². The van der Waals surface area contributed by atoms with Gasteiger partial charge in [0.15, 0.2) is 0 Å². The summed E-state index contributed by atoms with van der Waals surface area (Å²) in [4.78, 5) is 2.50. The van der Waals surface area contributed by atoms with Crippen LogP contribution in [0.3, 0.4) is 0 Å². The molecule has 0 bridgehead atoms. The Labute approximate surface area is 385 Å². The maximum atomic E-state index is 6.54. The number of hydrogen-bond acceptors (Lipinski definition) is 2. The van der Waals surface area contributed by atoms with Crippen molar-refractivity contribution in [3.05, 3.63) is 270 Å². The third kappa shape index (κ3) is 5.55. The average molecular weight is 844 g/mol. The number of benzene rings is 10. The summed E-state index contributed by atoms with van der Waals surface area (Å²) in [6, 6.07) is 87.1. The fourth-order valence-corrected chi connectivity index (χ4v) is 11.6. The van der Waals surface area contributed by atoms with Crippen LogP contribution in [0.25, 0.3) is 66.4 Å². The average Bonchev–Trinajstić information content (AvgIpc) is 3.99. The van der Waals surface area contributed by atoms with Crippen LogP contribution in [0.4, 0.5) is 17.1 Å².